The highest BCUT2D eigenvalue weighted by molar-refractivity contribution is 6.33. The molecule has 0 aliphatic rings. The number of nitrogens with two attached hydrogens (primary N) is 2. The minimum Gasteiger partial charge on any atom is -0.456 e. The molecule has 2 rings (SSSR count). The fourth-order valence-corrected chi connectivity index (χ4v) is 1.98. The molecular weight excluding hydrogens is 336 g/mol. The van der Waals surface area contributed by atoms with E-state index < -0.39 is 17.9 Å². The van der Waals surface area contributed by atoms with E-state index >= 15 is 0 Å². The van der Waals surface area contributed by atoms with Gasteiger partial charge in [0.25, 0.3) is 5.91 Å². The molecule has 0 aliphatic carbocycles. The summed E-state index contributed by atoms with van der Waals surface area (Å²) in [6.07, 6.45) is 0. The van der Waals surface area contributed by atoms with E-state index in [1.165, 1.54) is 6.92 Å². The van der Waals surface area contributed by atoms with Crippen LogP contribution in [0.3, 0.4) is 0 Å². The second-order valence-electron chi connectivity index (χ2n) is 4.75. The van der Waals surface area contributed by atoms with Gasteiger partial charge in [-0.1, -0.05) is 23.7 Å². The predicted octanol–water partition coefficient (Wildman–Crippen LogP) is 0.551. The Morgan fingerprint density at radius 3 is 2.46 bits per heavy atom. The van der Waals surface area contributed by atoms with Gasteiger partial charge in [0, 0.05) is 0 Å². The molecule has 0 aliphatic heterocycles. The maximum absolute atomic E-state index is 12.1. The second kappa shape index (κ2) is 7.55. The number of hydrogen-bond acceptors (Lipinski definition) is 8. The third kappa shape index (κ3) is 4.53. The SMILES string of the molecule is CC(NC(=O)c1ccccc1Cl)C(=O)OCc1nc(N)nc(N)n1. The number of rotatable bonds is 5. The lowest BCUT2D eigenvalue weighted by Gasteiger charge is -2.13. The topological polar surface area (TPSA) is 146 Å². The van der Waals surface area contributed by atoms with Crippen molar-refractivity contribution in [2.75, 3.05) is 11.5 Å². The van der Waals surface area contributed by atoms with Crippen molar-refractivity contribution in [2.24, 2.45) is 0 Å². The van der Waals surface area contributed by atoms with Gasteiger partial charge < -0.3 is 21.5 Å². The van der Waals surface area contributed by atoms with Gasteiger partial charge in [-0.15, -0.1) is 0 Å². The largest absolute Gasteiger partial charge is 0.456 e. The van der Waals surface area contributed by atoms with Crippen molar-refractivity contribution >= 4 is 35.4 Å². The van der Waals surface area contributed by atoms with Gasteiger partial charge in [-0.25, -0.2) is 4.79 Å². The average molecular weight is 351 g/mol. The third-order valence-electron chi connectivity index (χ3n) is 2.88. The van der Waals surface area contributed by atoms with E-state index in [1.54, 1.807) is 24.3 Å². The van der Waals surface area contributed by atoms with Crippen molar-refractivity contribution < 1.29 is 14.3 Å². The van der Waals surface area contributed by atoms with Crippen LogP contribution in [-0.2, 0) is 16.1 Å². The van der Waals surface area contributed by atoms with Gasteiger partial charge in [0.05, 0.1) is 10.6 Å². The Hall–Kier alpha value is -2.94. The number of anilines is 2. The fraction of sp³-hybridized carbons (Fsp3) is 0.214. The quantitative estimate of drug-likeness (QED) is 0.662. The molecule has 126 valence electrons. The summed E-state index contributed by atoms with van der Waals surface area (Å²) in [5, 5.41) is 2.78. The number of amides is 1. The van der Waals surface area contributed by atoms with E-state index in [9.17, 15) is 9.59 Å². The molecule has 1 amide bonds. The zero-order valence-corrected chi connectivity index (χ0v) is 13.4. The Labute approximate surface area is 142 Å². The Morgan fingerprint density at radius 2 is 1.83 bits per heavy atom. The van der Waals surface area contributed by atoms with Crippen molar-refractivity contribution in [3.63, 3.8) is 0 Å². The minimum absolute atomic E-state index is 0.0754. The molecule has 0 fully saturated rings. The van der Waals surface area contributed by atoms with Crippen molar-refractivity contribution in [3.05, 3.63) is 40.7 Å². The van der Waals surface area contributed by atoms with Crippen LogP contribution in [0.4, 0.5) is 11.9 Å². The zero-order valence-electron chi connectivity index (χ0n) is 12.7. The lowest BCUT2D eigenvalue weighted by molar-refractivity contribution is -0.147. The zero-order chi connectivity index (χ0) is 17.7. The van der Waals surface area contributed by atoms with Gasteiger partial charge in [-0.05, 0) is 19.1 Å². The number of aromatic nitrogens is 3. The molecule has 0 bridgehead atoms. The molecular formula is C14H15ClN6O3. The third-order valence-corrected chi connectivity index (χ3v) is 3.21. The monoisotopic (exact) mass is 350 g/mol. The smallest absolute Gasteiger partial charge is 0.328 e. The Kier molecular flexibility index (Phi) is 5.48. The maximum Gasteiger partial charge on any atom is 0.328 e. The van der Waals surface area contributed by atoms with E-state index in [2.05, 4.69) is 20.3 Å². The standard InChI is InChI=1S/C14H15ClN6O3/c1-7(18-11(22)8-4-2-3-5-9(8)15)12(23)24-6-10-19-13(16)21-14(17)20-10/h2-5,7H,6H2,1H3,(H,18,22)(H4,16,17,19,20,21). The highest BCUT2D eigenvalue weighted by atomic mass is 35.5. The van der Waals surface area contributed by atoms with Crippen molar-refractivity contribution in [1.29, 1.82) is 0 Å². The first-order valence-electron chi connectivity index (χ1n) is 6.84. The van der Waals surface area contributed by atoms with Crippen molar-refractivity contribution in [2.45, 2.75) is 19.6 Å². The number of ether oxygens (including phenoxy) is 1. The molecule has 1 heterocycles. The molecule has 0 saturated heterocycles. The van der Waals surface area contributed by atoms with E-state index in [4.69, 9.17) is 27.8 Å². The first-order chi connectivity index (χ1) is 11.4. The van der Waals surface area contributed by atoms with Crippen LogP contribution in [0.25, 0.3) is 0 Å². The molecule has 10 heteroatoms. The summed E-state index contributed by atoms with van der Waals surface area (Å²) in [5.74, 6) is -1.20. The van der Waals surface area contributed by atoms with Crippen LogP contribution in [0.5, 0.6) is 0 Å². The van der Waals surface area contributed by atoms with E-state index in [1.807, 2.05) is 0 Å². The first-order valence-corrected chi connectivity index (χ1v) is 7.22. The minimum atomic E-state index is -0.898. The number of benzene rings is 1. The molecule has 9 nitrogen and oxygen atoms in total. The highest BCUT2D eigenvalue weighted by Crippen LogP contribution is 2.14. The van der Waals surface area contributed by atoms with Crippen LogP contribution in [0.1, 0.15) is 23.1 Å². The summed E-state index contributed by atoms with van der Waals surface area (Å²) < 4.78 is 5.02. The lowest BCUT2D eigenvalue weighted by Crippen LogP contribution is -2.39. The predicted molar refractivity (Wildman–Crippen MR) is 86.8 cm³/mol. The number of esters is 1. The Bertz CT molecular complexity index is 750. The van der Waals surface area contributed by atoms with Gasteiger partial charge in [-0.3, -0.25) is 4.79 Å². The van der Waals surface area contributed by atoms with Gasteiger partial charge in [-0.2, -0.15) is 15.0 Å². The van der Waals surface area contributed by atoms with E-state index in [-0.39, 0.29) is 34.9 Å². The summed E-state index contributed by atoms with van der Waals surface area (Å²) >= 11 is 5.93. The maximum atomic E-state index is 12.1. The normalized spacial score (nSPS) is 11.6. The van der Waals surface area contributed by atoms with E-state index in [0.29, 0.717) is 0 Å². The summed E-state index contributed by atoms with van der Waals surface area (Å²) in [6.45, 7) is 1.23. The first kappa shape index (κ1) is 17.4. The van der Waals surface area contributed by atoms with Gasteiger partial charge in [0.1, 0.15) is 6.04 Å². The van der Waals surface area contributed by atoms with Gasteiger partial charge in [0.15, 0.2) is 12.4 Å². The molecule has 1 atom stereocenters. The van der Waals surface area contributed by atoms with Crippen LogP contribution in [0.2, 0.25) is 5.02 Å². The highest BCUT2D eigenvalue weighted by Gasteiger charge is 2.19. The Balaban J connectivity index is 1.92. The number of hydrogen-bond donors (Lipinski definition) is 3. The Morgan fingerprint density at radius 1 is 1.21 bits per heavy atom. The number of carbonyl (C=O) groups excluding carboxylic acids is 2. The molecule has 1 aromatic heterocycles. The van der Waals surface area contributed by atoms with Crippen LogP contribution in [-0.4, -0.2) is 32.9 Å². The van der Waals surface area contributed by atoms with Crippen molar-refractivity contribution in [1.82, 2.24) is 20.3 Å². The number of nitrogen functional groups attached to an aromatic ring is 2. The van der Waals surface area contributed by atoms with Crippen LogP contribution in [0.15, 0.2) is 24.3 Å². The molecule has 1 unspecified atom stereocenters. The van der Waals surface area contributed by atoms with Crippen molar-refractivity contribution in [3.8, 4) is 0 Å². The molecule has 2 aromatic rings. The molecule has 1 aromatic carbocycles. The summed E-state index contributed by atoms with van der Waals surface area (Å²) in [6, 6.07) is 5.59. The number of nitrogens with one attached hydrogen (secondary N) is 1. The fourth-order valence-electron chi connectivity index (χ4n) is 1.76. The second-order valence-corrected chi connectivity index (χ2v) is 5.16. The summed E-state index contributed by atoms with van der Waals surface area (Å²) in [4.78, 5) is 35.2. The molecule has 0 radical (unpaired) electrons. The van der Waals surface area contributed by atoms with E-state index in [0.717, 1.165) is 0 Å². The summed E-state index contributed by atoms with van der Waals surface area (Å²) in [5.41, 5.74) is 11.1. The van der Waals surface area contributed by atoms with Gasteiger partial charge >= 0.3 is 5.97 Å². The molecule has 24 heavy (non-hydrogen) atoms. The molecule has 5 N–H and O–H groups in total. The summed E-state index contributed by atoms with van der Waals surface area (Å²) in [7, 11) is 0. The van der Waals surface area contributed by atoms with Gasteiger partial charge in [0.2, 0.25) is 11.9 Å². The number of halogens is 1. The number of nitrogens with zero attached hydrogens (tertiary/aromatic N) is 3. The van der Waals surface area contributed by atoms with Crippen LogP contribution >= 0.6 is 11.6 Å². The van der Waals surface area contributed by atoms with Crippen LogP contribution < -0.4 is 16.8 Å². The lowest BCUT2D eigenvalue weighted by atomic mass is 10.2. The molecule has 0 saturated carbocycles. The number of carbonyl (C=O) groups is 2. The average Bonchev–Trinajstić information content (AvgIpc) is 2.52. The van der Waals surface area contributed by atoms with Crippen LogP contribution in [0, 0.1) is 0 Å². The molecule has 0 spiro atoms.